The lowest BCUT2D eigenvalue weighted by Crippen LogP contribution is -2.37. The van der Waals surface area contributed by atoms with Crippen molar-refractivity contribution >= 4 is 42.2 Å². The summed E-state index contributed by atoms with van der Waals surface area (Å²) in [5.74, 6) is 1.09. The molecule has 1 atom stereocenters. The number of hydrogen-bond acceptors (Lipinski definition) is 5. The van der Waals surface area contributed by atoms with E-state index >= 15 is 0 Å². The van der Waals surface area contributed by atoms with Gasteiger partial charge in [-0.05, 0) is 31.5 Å². The van der Waals surface area contributed by atoms with E-state index in [1.807, 2.05) is 12.1 Å². The summed E-state index contributed by atoms with van der Waals surface area (Å²) < 4.78 is 5.33. The number of nitrogens with one attached hydrogen (secondary N) is 2. The van der Waals surface area contributed by atoms with Crippen molar-refractivity contribution in [1.82, 2.24) is 10.3 Å². The van der Waals surface area contributed by atoms with Gasteiger partial charge < -0.3 is 20.3 Å². The van der Waals surface area contributed by atoms with Crippen molar-refractivity contribution in [2.75, 3.05) is 49.6 Å². The second kappa shape index (κ2) is 9.93. The molecule has 2 aliphatic heterocycles. The fourth-order valence-corrected chi connectivity index (χ4v) is 2.76. The van der Waals surface area contributed by atoms with Crippen molar-refractivity contribution in [1.29, 1.82) is 0 Å². The molecule has 0 aliphatic carbocycles. The summed E-state index contributed by atoms with van der Waals surface area (Å²) in [6, 6.07) is 3.88. The first-order chi connectivity index (χ1) is 10.3. The van der Waals surface area contributed by atoms with Gasteiger partial charge in [-0.1, -0.05) is 0 Å². The molecule has 3 rings (SSSR count). The van der Waals surface area contributed by atoms with Gasteiger partial charge >= 0.3 is 0 Å². The minimum atomic E-state index is 0. The Morgan fingerprint density at radius 2 is 2.09 bits per heavy atom. The molecular formula is C15H24Cl2N4O2. The molecule has 2 aliphatic rings. The lowest BCUT2D eigenvalue weighted by Gasteiger charge is -2.27. The molecule has 6 nitrogen and oxygen atoms in total. The number of anilines is 2. The largest absolute Gasteiger partial charge is 0.378 e. The van der Waals surface area contributed by atoms with Crippen LogP contribution in [0.15, 0.2) is 18.3 Å². The predicted molar refractivity (Wildman–Crippen MR) is 96.0 cm³/mol. The smallest absolute Gasteiger partial charge is 0.228 e. The second-order valence-corrected chi connectivity index (χ2v) is 5.54. The summed E-state index contributed by atoms with van der Waals surface area (Å²) in [4.78, 5) is 18.8. The molecule has 1 aromatic heterocycles. The van der Waals surface area contributed by atoms with Gasteiger partial charge in [0, 0.05) is 19.6 Å². The number of amides is 1. The van der Waals surface area contributed by atoms with Crippen molar-refractivity contribution in [3.05, 3.63) is 18.3 Å². The van der Waals surface area contributed by atoms with Crippen LogP contribution in [0.5, 0.6) is 0 Å². The summed E-state index contributed by atoms with van der Waals surface area (Å²) in [6.07, 6.45) is 3.75. The van der Waals surface area contributed by atoms with E-state index in [1.165, 1.54) is 0 Å². The van der Waals surface area contributed by atoms with Crippen LogP contribution in [-0.2, 0) is 9.53 Å². The first-order valence-electron chi connectivity index (χ1n) is 7.63. The molecule has 3 heterocycles. The highest BCUT2D eigenvalue weighted by Gasteiger charge is 2.21. The van der Waals surface area contributed by atoms with Crippen molar-refractivity contribution in [3.8, 4) is 0 Å². The molecule has 2 N–H and O–H groups in total. The Labute approximate surface area is 149 Å². The number of hydrogen-bond donors (Lipinski definition) is 2. The van der Waals surface area contributed by atoms with Crippen molar-refractivity contribution in [2.45, 2.75) is 12.8 Å². The summed E-state index contributed by atoms with van der Waals surface area (Å²) in [6.45, 7) is 5.01. The molecule has 0 saturated carbocycles. The normalized spacial score (nSPS) is 20.9. The van der Waals surface area contributed by atoms with Crippen LogP contribution in [0, 0.1) is 5.92 Å². The zero-order valence-electron chi connectivity index (χ0n) is 13.0. The van der Waals surface area contributed by atoms with Crippen LogP contribution in [0.4, 0.5) is 11.5 Å². The molecule has 2 saturated heterocycles. The Morgan fingerprint density at radius 3 is 2.70 bits per heavy atom. The van der Waals surface area contributed by atoms with Crippen LogP contribution in [0.25, 0.3) is 0 Å². The Bertz CT molecular complexity index is 475. The van der Waals surface area contributed by atoms with Crippen molar-refractivity contribution < 1.29 is 9.53 Å². The summed E-state index contributed by atoms with van der Waals surface area (Å²) >= 11 is 0. The van der Waals surface area contributed by atoms with Gasteiger partial charge in [0.2, 0.25) is 5.91 Å². The Hall–Kier alpha value is -1.08. The molecule has 0 spiro atoms. The second-order valence-electron chi connectivity index (χ2n) is 5.54. The fraction of sp³-hybridized carbons (Fsp3) is 0.600. The SMILES string of the molecule is Cl.Cl.O=C(Nc1ccc(N2CCOCC2)nc1)C1CCCNC1. The standard InChI is InChI=1S/C15H22N4O2.2ClH/c20-15(12-2-1-5-16-10-12)18-13-3-4-14(17-11-13)19-6-8-21-9-7-19;;/h3-4,11-12,16H,1-2,5-10H2,(H,18,20);2*1H. The van der Waals surface area contributed by atoms with Gasteiger partial charge in [0.05, 0.1) is 31.0 Å². The van der Waals surface area contributed by atoms with Crippen LogP contribution in [0.3, 0.4) is 0 Å². The minimum Gasteiger partial charge on any atom is -0.378 e. The number of ether oxygens (including phenoxy) is 1. The lowest BCUT2D eigenvalue weighted by atomic mass is 9.99. The van der Waals surface area contributed by atoms with E-state index in [0.717, 1.165) is 63.7 Å². The zero-order valence-corrected chi connectivity index (χ0v) is 14.6. The molecular weight excluding hydrogens is 339 g/mol. The fourth-order valence-electron chi connectivity index (χ4n) is 2.76. The highest BCUT2D eigenvalue weighted by atomic mass is 35.5. The van der Waals surface area contributed by atoms with Crippen LogP contribution < -0.4 is 15.5 Å². The lowest BCUT2D eigenvalue weighted by molar-refractivity contribution is -0.120. The number of piperidine rings is 1. The van der Waals surface area contributed by atoms with Gasteiger partial charge in [-0.3, -0.25) is 4.79 Å². The van der Waals surface area contributed by atoms with Crippen LogP contribution in [0.1, 0.15) is 12.8 Å². The van der Waals surface area contributed by atoms with Crippen molar-refractivity contribution in [2.24, 2.45) is 5.92 Å². The molecule has 23 heavy (non-hydrogen) atoms. The number of morpholine rings is 1. The third-order valence-electron chi connectivity index (χ3n) is 4.02. The van der Waals surface area contributed by atoms with Gasteiger partial charge in [0.25, 0.3) is 0 Å². The minimum absolute atomic E-state index is 0. The summed E-state index contributed by atoms with van der Waals surface area (Å²) in [7, 11) is 0. The first-order valence-corrected chi connectivity index (χ1v) is 7.63. The molecule has 1 amide bonds. The Balaban J connectivity index is 0.00000132. The topological polar surface area (TPSA) is 66.5 Å². The Kier molecular flexibility index (Phi) is 8.62. The zero-order chi connectivity index (χ0) is 14.5. The number of carbonyl (C=O) groups excluding carboxylic acids is 1. The van der Waals surface area contributed by atoms with E-state index in [2.05, 4.69) is 20.5 Å². The third-order valence-corrected chi connectivity index (χ3v) is 4.02. The maximum absolute atomic E-state index is 12.1. The average Bonchev–Trinajstić information content (AvgIpc) is 2.57. The monoisotopic (exact) mass is 362 g/mol. The Morgan fingerprint density at radius 1 is 1.30 bits per heavy atom. The number of aromatic nitrogens is 1. The van der Waals surface area contributed by atoms with Gasteiger partial charge in [-0.25, -0.2) is 4.98 Å². The van der Waals surface area contributed by atoms with Gasteiger partial charge in [0.1, 0.15) is 5.82 Å². The third kappa shape index (κ3) is 5.49. The number of halogens is 2. The molecule has 1 unspecified atom stereocenters. The average molecular weight is 363 g/mol. The van der Waals surface area contributed by atoms with Gasteiger partial charge in [-0.2, -0.15) is 0 Å². The van der Waals surface area contributed by atoms with E-state index < -0.39 is 0 Å². The molecule has 1 aromatic rings. The maximum Gasteiger partial charge on any atom is 0.228 e. The van der Waals surface area contributed by atoms with Crippen LogP contribution in [0.2, 0.25) is 0 Å². The summed E-state index contributed by atoms with van der Waals surface area (Å²) in [5.41, 5.74) is 0.766. The summed E-state index contributed by atoms with van der Waals surface area (Å²) in [5, 5.41) is 6.22. The number of pyridine rings is 1. The number of rotatable bonds is 3. The molecule has 2 fully saturated rings. The molecule has 0 radical (unpaired) electrons. The molecule has 8 heteroatoms. The number of carbonyl (C=O) groups is 1. The van der Waals surface area contributed by atoms with E-state index in [9.17, 15) is 4.79 Å². The molecule has 0 bridgehead atoms. The van der Waals surface area contributed by atoms with Gasteiger partial charge in [-0.15, -0.1) is 24.8 Å². The van der Waals surface area contributed by atoms with E-state index in [1.54, 1.807) is 6.20 Å². The number of nitrogens with zero attached hydrogens (tertiary/aromatic N) is 2. The first kappa shape index (κ1) is 20.0. The molecule has 0 aromatic carbocycles. The van der Waals surface area contributed by atoms with Crippen LogP contribution in [-0.4, -0.2) is 50.3 Å². The maximum atomic E-state index is 12.1. The van der Waals surface area contributed by atoms with Crippen LogP contribution >= 0.6 is 24.8 Å². The van der Waals surface area contributed by atoms with Gasteiger partial charge in [0.15, 0.2) is 0 Å². The highest BCUT2D eigenvalue weighted by molar-refractivity contribution is 5.92. The van der Waals surface area contributed by atoms with Crippen molar-refractivity contribution in [3.63, 3.8) is 0 Å². The van der Waals surface area contributed by atoms with E-state index in [4.69, 9.17) is 4.74 Å². The van der Waals surface area contributed by atoms with E-state index in [-0.39, 0.29) is 36.6 Å². The molecule has 130 valence electrons. The highest BCUT2D eigenvalue weighted by Crippen LogP contribution is 2.17. The van der Waals surface area contributed by atoms with E-state index in [0.29, 0.717) is 0 Å². The predicted octanol–water partition coefficient (Wildman–Crippen LogP) is 1.70. The quantitative estimate of drug-likeness (QED) is 0.856.